The lowest BCUT2D eigenvalue weighted by Crippen LogP contribution is -2.24. The molecule has 5 nitrogen and oxygen atoms in total. The van der Waals surface area contributed by atoms with Crippen molar-refractivity contribution in [1.82, 2.24) is 5.43 Å². The van der Waals surface area contributed by atoms with E-state index in [1.165, 1.54) is 0 Å². The highest BCUT2D eigenvalue weighted by Gasteiger charge is 2.05. The first-order chi connectivity index (χ1) is 11.6. The first-order valence-electron chi connectivity index (χ1n) is 7.53. The Kier molecular flexibility index (Phi) is 6.81. The van der Waals surface area contributed by atoms with Crippen LogP contribution >= 0.6 is 15.9 Å². The number of ether oxygens (including phenoxy) is 2. The minimum Gasteiger partial charge on any atom is -0.493 e. The topological polar surface area (TPSA) is 59.9 Å². The third kappa shape index (κ3) is 5.38. The monoisotopic (exact) mass is 390 g/mol. The number of nitrogens with one attached hydrogen (secondary N) is 1. The Morgan fingerprint density at radius 1 is 1.21 bits per heavy atom. The van der Waals surface area contributed by atoms with Crippen molar-refractivity contribution in [3.05, 3.63) is 58.1 Å². The number of rotatable bonds is 7. The summed E-state index contributed by atoms with van der Waals surface area (Å²) < 4.78 is 11.9. The van der Waals surface area contributed by atoms with Gasteiger partial charge in [-0.2, -0.15) is 5.10 Å². The summed E-state index contributed by atoms with van der Waals surface area (Å²) in [5, 5.41) is 3.94. The zero-order valence-corrected chi connectivity index (χ0v) is 15.2. The largest absolute Gasteiger partial charge is 0.493 e. The van der Waals surface area contributed by atoms with Crippen molar-refractivity contribution >= 4 is 28.1 Å². The van der Waals surface area contributed by atoms with Gasteiger partial charge in [-0.3, -0.25) is 4.79 Å². The standard InChI is InChI=1S/C18H19BrN2O3/c1-3-23-17-7-5-4-6-14(17)11-20-21-18(22)12-24-16-9-8-15(19)10-13(16)2/h4-11H,3,12H2,1-2H3,(H,21,22). The summed E-state index contributed by atoms with van der Waals surface area (Å²) in [6, 6.07) is 13.1. The number of carbonyl (C=O) groups excluding carboxylic acids is 1. The second-order valence-electron chi connectivity index (χ2n) is 4.96. The quantitative estimate of drug-likeness (QED) is 0.579. The molecule has 1 amide bonds. The van der Waals surface area contributed by atoms with E-state index in [1.807, 2.05) is 56.3 Å². The smallest absolute Gasteiger partial charge is 0.277 e. The van der Waals surface area contributed by atoms with Crippen LogP contribution in [-0.2, 0) is 4.79 Å². The number of amides is 1. The average Bonchev–Trinajstić information content (AvgIpc) is 2.56. The molecule has 126 valence electrons. The van der Waals surface area contributed by atoms with Crippen LogP contribution in [0.25, 0.3) is 0 Å². The van der Waals surface area contributed by atoms with E-state index in [-0.39, 0.29) is 12.5 Å². The number of hydrazone groups is 1. The van der Waals surface area contributed by atoms with Gasteiger partial charge in [0.05, 0.1) is 12.8 Å². The fraction of sp³-hybridized carbons (Fsp3) is 0.222. The summed E-state index contributed by atoms with van der Waals surface area (Å²) in [6.07, 6.45) is 1.55. The van der Waals surface area contributed by atoms with Crippen molar-refractivity contribution in [2.45, 2.75) is 13.8 Å². The first kappa shape index (κ1) is 18.0. The van der Waals surface area contributed by atoms with Gasteiger partial charge < -0.3 is 9.47 Å². The van der Waals surface area contributed by atoms with Crippen LogP contribution in [0.4, 0.5) is 0 Å². The Bertz CT molecular complexity index is 732. The van der Waals surface area contributed by atoms with E-state index in [2.05, 4.69) is 26.5 Å². The van der Waals surface area contributed by atoms with E-state index in [4.69, 9.17) is 9.47 Å². The van der Waals surface area contributed by atoms with Crippen LogP contribution in [0.15, 0.2) is 52.0 Å². The number of carbonyl (C=O) groups is 1. The van der Waals surface area contributed by atoms with Crippen molar-refractivity contribution in [2.24, 2.45) is 5.10 Å². The number of nitrogens with zero attached hydrogens (tertiary/aromatic N) is 1. The lowest BCUT2D eigenvalue weighted by atomic mass is 10.2. The minimum absolute atomic E-state index is 0.104. The molecule has 24 heavy (non-hydrogen) atoms. The maximum atomic E-state index is 11.8. The Labute approximate surface area is 149 Å². The summed E-state index contributed by atoms with van der Waals surface area (Å²) in [5.74, 6) is 1.06. The molecule has 0 aliphatic heterocycles. The first-order valence-corrected chi connectivity index (χ1v) is 8.32. The average molecular weight is 391 g/mol. The van der Waals surface area contributed by atoms with Crippen LogP contribution in [0, 0.1) is 6.92 Å². The Morgan fingerprint density at radius 3 is 2.75 bits per heavy atom. The third-order valence-electron chi connectivity index (χ3n) is 3.11. The highest BCUT2D eigenvalue weighted by atomic mass is 79.9. The summed E-state index contributed by atoms with van der Waals surface area (Å²) in [5.41, 5.74) is 4.19. The van der Waals surface area contributed by atoms with Gasteiger partial charge in [0.15, 0.2) is 6.61 Å². The van der Waals surface area contributed by atoms with E-state index in [0.717, 1.165) is 21.3 Å². The molecule has 2 aromatic carbocycles. The Morgan fingerprint density at radius 2 is 2.00 bits per heavy atom. The number of aryl methyl sites for hydroxylation is 1. The van der Waals surface area contributed by atoms with Gasteiger partial charge in [-0.05, 0) is 49.7 Å². The van der Waals surface area contributed by atoms with Crippen LogP contribution in [-0.4, -0.2) is 25.3 Å². The molecule has 0 aromatic heterocycles. The number of para-hydroxylation sites is 1. The van der Waals surface area contributed by atoms with Crippen LogP contribution in [0.3, 0.4) is 0 Å². The number of hydrogen-bond donors (Lipinski definition) is 1. The van der Waals surface area contributed by atoms with Gasteiger partial charge in [-0.1, -0.05) is 28.1 Å². The van der Waals surface area contributed by atoms with Crippen molar-refractivity contribution in [1.29, 1.82) is 0 Å². The highest BCUT2D eigenvalue weighted by Crippen LogP contribution is 2.22. The number of halogens is 1. The van der Waals surface area contributed by atoms with Gasteiger partial charge in [0.2, 0.25) is 0 Å². The molecule has 0 radical (unpaired) electrons. The maximum absolute atomic E-state index is 11.8. The van der Waals surface area contributed by atoms with Gasteiger partial charge in [0.1, 0.15) is 11.5 Å². The van der Waals surface area contributed by atoms with E-state index in [1.54, 1.807) is 6.21 Å². The molecule has 0 unspecified atom stereocenters. The van der Waals surface area contributed by atoms with E-state index in [0.29, 0.717) is 12.4 Å². The lowest BCUT2D eigenvalue weighted by molar-refractivity contribution is -0.123. The molecule has 0 aliphatic rings. The zero-order chi connectivity index (χ0) is 17.4. The van der Waals surface area contributed by atoms with E-state index in [9.17, 15) is 4.79 Å². The summed E-state index contributed by atoms with van der Waals surface area (Å²) in [6.45, 7) is 4.29. The Balaban J connectivity index is 1.87. The molecule has 0 bridgehead atoms. The van der Waals surface area contributed by atoms with Gasteiger partial charge >= 0.3 is 0 Å². The van der Waals surface area contributed by atoms with Crippen molar-refractivity contribution in [2.75, 3.05) is 13.2 Å². The number of benzene rings is 2. The molecule has 2 aromatic rings. The molecule has 0 atom stereocenters. The van der Waals surface area contributed by atoms with Gasteiger partial charge in [0.25, 0.3) is 5.91 Å². The molecule has 0 saturated heterocycles. The summed E-state index contributed by atoms with van der Waals surface area (Å²) >= 11 is 3.39. The summed E-state index contributed by atoms with van der Waals surface area (Å²) in [7, 11) is 0. The fourth-order valence-electron chi connectivity index (χ4n) is 2.00. The molecular weight excluding hydrogens is 372 g/mol. The SMILES string of the molecule is CCOc1ccccc1C=NNC(=O)COc1ccc(Br)cc1C. The summed E-state index contributed by atoms with van der Waals surface area (Å²) in [4.78, 5) is 11.8. The highest BCUT2D eigenvalue weighted by molar-refractivity contribution is 9.10. The second kappa shape index (κ2) is 9.08. The predicted molar refractivity (Wildman–Crippen MR) is 97.7 cm³/mol. The molecule has 0 aliphatic carbocycles. The fourth-order valence-corrected chi connectivity index (χ4v) is 2.47. The lowest BCUT2D eigenvalue weighted by Gasteiger charge is -2.08. The van der Waals surface area contributed by atoms with Gasteiger partial charge in [-0.25, -0.2) is 5.43 Å². The van der Waals surface area contributed by atoms with Crippen LogP contribution in [0.5, 0.6) is 11.5 Å². The van der Waals surface area contributed by atoms with E-state index >= 15 is 0 Å². The number of hydrogen-bond acceptors (Lipinski definition) is 4. The Hall–Kier alpha value is -2.34. The van der Waals surface area contributed by atoms with Crippen LogP contribution in [0.2, 0.25) is 0 Å². The van der Waals surface area contributed by atoms with Gasteiger partial charge in [0, 0.05) is 10.0 Å². The van der Waals surface area contributed by atoms with Crippen LogP contribution < -0.4 is 14.9 Å². The second-order valence-corrected chi connectivity index (χ2v) is 5.88. The van der Waals surface area contributed by atoms with Crippen LogP contribution in [0.1, 0.15) is 18.1 Å². The minimum atomic E-state index is -0.331. The molecule has 2 rings (SSSR count). The van der Waals surface area contributed by atoms with Crippen molar-refractivity contribution in [3.63, 3.8) is 0 Å². The predicted octanol–water partition coefficient (Wildman–Crippen LogP) is 3.69. The van der Waals surface area contributed by atoms with Crippen molar-refractivity contribution in [3.8, 4) is 11.5 Å². The molecule has 0 fully saturated rings. The normalized spacial score (nSPS) is 10.6. The molecule has 0 heterocycles. The molecule has 1 N–H and O–H groups in total. The van der Waals surface area contributed by atoms with Crippen molar-refractivity contribution < 1.29 is 14.3 Å². The van der Waals surface area contributed by atoms with Gasteiger partial charge in [-0.15, -0.1) is 0 Å². The molecular formula is C18H19BrN2O3. The van der Waals surface area contributed by atoms with E-state index < -0.39 is 0 Å². The molecule has 0 saturated carbocycles. The third-order valence-corrected chi connectivity index (χ3v) is 3.60. The maximum Gasteiger partial charge on any atom is 0.277 e. The zero-order valence-electron chi connectivity index (χ0n) is 13.6. The molecule has 0 spiro atoms. The molecule has 6 heteroatoms.